The summed E-state index contributed by atoms with van der Waals surface area (Å²) in [5.74, 6) is -1.06. The molecule has 0 aliphatic heterocycles. The molecule has 1 aromatic rings. The molecule has 0 amide bonds. The fourth-order valence-electron chi connectivity index (χ4n) is 1.40. The van der Waals surface area contributed by atoms with Gasteiger partial charge in [-0.3, -0.25) is 0 Å². The average molecular weight is 241 g/mol. The SMILES string of the molecule is CCCCCCOCCn1cc(C(=O)O)nn1. The number of rotatable bonds is 9. The normalized spacial score (nSPS) is 10.6. The molecule has 6 heteroatoms. The highest BCUT2D eigenvalue weighted by atomic mass is 16.5. The van der Waals surface area contributed by atoms with Gasteiger partial charge in [-0.05, 0) is 6.42 Å². The van der Waals surface area contributed by atoms with Crippen molar-refractivity contribution in [1.82, 2.24) is 15.0 Å². The molecule has 0 saturated carbocycles. The van der Waals surface area contributed by atoms with Gasteiger partial charge in [0.15, 0.2) is 5.69 Å². The topological polar surface area (TPSA) is 77.2 Å². The number of hydrogen-bond donors (Lipinski definition) is 1. The summed E-state index contributed by atoms with van der Waals surface area (Å²) in [4.78, 5) is 10.5. The van der Waals surface area contributed by atoms with Gasteiger partial charge in [0.1, 0.15) is 0 Å². The van der Waals surface area contributed by atoms with E-state index in [2.05, 4.69) is 17.2 Å². The van der Waals surface area contributed by atoms with E-state index in [1.807, 2.05) is 0 Å². The molecule has 0 radical (unpaired) electrons. The Morgan fingerprint density at radius 3 is 2.88 bits per heavy atom. The predicted molar refractivity (Wildman–Crippen MR) is 61.9 cm³/mol. The molecule has 1 rings (SSSR count). The first-order valence-electron chi connectivity index (χ1n) is 5.95. The fraction of sp³-hybridized carbons (Fsp3) is 0.727. The van der Waals surface area contributed by atoms with Crippen molar-refractivity contribution in [3.05, 3.63) is 11.9 Å². The van der Waals surface area contributed by atoms with E-state index >= 15 is 0 Å². The Balaban J connectivity index is 2.07. The minimum atomic E-state index is -1.06. The number of nitrogens with zero attached hydrogens (tertiary/aromatic N) is 3. The minimum Gasteiger partial charge on any atom is -0.476 e. The van der Waals surface area contributed by atoms with Crippen molar-refractivity contribution in [2.45, 2.75) is 39.2 Å². The highest BCUT2D eigenvalue weighted by Gasteiger charge is 2.07. The largest absolute Gasteiger partial charge is 0.476 e. The second kappa shape index (κ2) is 7.78. The van der Waals surface area contributed by atoms with Crippen molar-refractivity contribution in [3.63, 3.8) is 0 Å². The number of aromatic carboxylic acids is 1. The quantitative estimate of drug-likeness (QED) is 0.664. The van der Waals surface area contributed by atoms with Gasteiger partial charge in [-0.15, -0.1) is 5.10 Å². The maximum atomic E-state index is 10.5. The van der Waals surface area contributed by atoms with Crippen LogP contribution >= 0.6 is 0 Å². The van der Waals surface area contributed by atoms with Crippen molar-refractivity contribution in [3.8, 4) is 0 Å². The van der Waals surface area contributed by atoms with Crippen molar-refractivity contribution in [1.29, 1.82) is 0 Å². The second-order valence-electron chi connectivity index (χ2n) is 3.85. The predicted octanol–water partition coefficient (Wildman–Crippen LogP) is 1.57. The number of carboxylic acid groups (broad SMARTS) is 1. The van der Waals surface area contributed by atoms with Crippen LogP contribution in [-0.4, -0.2) is 39.3 Å². The molecule has 1 N–H and O–H groups in total. The molecule has 0 aliphatic rings. The van der Waals surface area contributed by atoms with E-state index < -0.39 is 5.97 Å². The van der Waals surface area contributed by atoms with Crippen molar-refractivity contribution in [2.24, 2.45) is 0 Å². The van der Waals surface area contributed by atoms with Gasteiger partial charge in [0.25, 0.3) is 0 Å². The molecule has 0 fully saturated rings. The highest BCUT2D eigenvalue weighted by Crippen LogP contribution is 1.99. The third kappa shape index (κ3) is 5.44. The van der Waals surface area contributed by atoms with Gasteiger partial charge < -0.3 is 9.84 Å². The summed E-state index contributed by atoms with van der Waals surface area (Å²) in [6.07, 6.45) is 6.14. The first kappa shape index (κ1) is 13.6. The molecule has 0 atom stereocenters. The summed E-state index contributed by atoms with van der Waals surface area (Å²) in [6, 6.07) is 0. The van der Waals surface area contributed by atoms with Crippen LogP contribution in [0.4, 0.5) is 0 Å². The lowest BCUT2D eigenvalue weighted by molar-refractivity contribution is 0.0690. The van der Waals surface area contributed by atoms with Gasteiger partial charge in [-0.25, -0.2) is 9.48 Å². The molecule has 0 spiro atoms. The van der Waals surface area contributed by atoms with Crippen molar-refractivity contribution >= 4 is 5.97 Å². The number of carboxylic acids is 1. The fourth-order valence-corrected chi connectivity index (χ4v) is 1.40. The summed E-state index contributed by atoms with van der Waals surface area (Å²) in [6.45, 7) is 3.99. The van der Waals surface area contributed by atoms with Crippen LogP contribution in [-0.2, 0) is 11.3 Å². The standard InChI is InChI=1S/C11H19N3O3/c1-2-3-4-5-7-17-8-6-14-9-10(11(15)16)12-13-14/h9H,2-8H2,1H3,(H,15,16). The van der Waals surface area contributed by atoms with Gasteiger partial charge in [-0.1, -0.05) is 31.4 Å². The van der Waals surface area contributed by atoms with E-state index in [9.17, 15) is 4.79 Å². The van der Waals surface area contributed by atoms with E-state index in [1.54, 1.807) is 0 Å². The number of aromatic nitrogens is 3. The number of hydrogen-bond acceptors (Lipinski definition) is 4. The summed E-state index contributed by atoms with van der Waals surface area (Å²) < 4.78 is 6.90. The maximum Gasteiger partial charge on any atom is 0.358 e. The summed E-state index contributed by atoms with van der Waals surface area (Å²) >= 11 is 0. The molecule has 0 bridgehead atoms. The maximum absolute atomic E-state index is 10.5. The molecule has 0 saturated heterocycles. The third-order valence-electron chi connectivity index (χ3n) is 2.36. The Labute approximate surface area is 101 Å². The van der Waals surface area contributed by atoms with Gasteiger partial charge in [-0.2, -0.15) is 0 Å². The lowest BCUT2D eigenvalue weighted by atomic mass is 10.2. The van der Waals surface area contributed by atoms with Crippen molar-refractivity contribution in [2.75, 3.05) is 13.2 Å². The zero-order valence-corrected chi connectivity index (χ0v) is 10.1. The van der Waals surface area contributed by atoms with Crippen LogP contribution in [0.3, 0.4) is 0 Å². The second-order valence-corrected chi connectivity index (χ2v) is 3.85. The van der Waals surface area contributed by atoms with E-state index in [4.69, 9.17) is 9.84 Å². The van der Waals surface area contributed by atoms with Crippen molar-refractivity contribution < 1.29 is 14.6 Å². The lowest BCUT2D eigenvalue weighted by Crippen LogP contribution is -2.07. The molecular formula is C11H19N3O3. The Morgan fingerprint density at radius 2 is 2.24 bits per heavy atom. The molecular weight excluding hydrogens is 222 g/mol. The molecule has 0 aliphatic carbocycles. The lowest BCUT2D eigenvalue weighted by Gasteiger charge is -2.03. The molecule has 1 aromatic heterocycles. The van der Waals surface area contributed by atoms with Crippen LogP contribution < -0.4 is 0 Å². The first-order valence-corrected chi connectivity index (χ1v) is 5.95. The Hall–Kier alpha value is -1.43. The minimum absolute atomic E-state index is 0.0343. The van der Waals surface area contributed by atoms with Crippen LogP contribution in [0.1, 0.15) is 43.1 Å². The van der Waals surface area contributed by atoms with E-state index in [1.165, 1.54) is 30.1 Å². The van der Waals surface area contributed by atoms with Crippen LogP contribution in [0.25, 0.3) is 0 Å². The van der Waals surface area contributed by atoms with Gasteiger partial charge >= 0.3 is 5.97 Å². The Bertz CT molecular complexity index is 338. The van der Waals surface area contributed by atoms with Crippen LogP contribution in [0.5, 0.6) is 0 Å². The number of ether oxygens (including phenoxy) is 1. The summed E-state index contributed by atoms with van der Waals surface area (Å²) in [7, 11) is 0. The van der Waals surface area contributed by atoms with Gasteiger partial charge in [0.05, 0.1) is 19.3 Å². The average Bonchev–Trinajstić information content (AvgIpc) is 2.77. The molecule has 0 unspecified atom stereocenters. The van der Waals surface area contributed by atoms with E-state index in [0.717, 1.165) is 13.0 Å². The van der Waals surface area contributed by atoms with Crippen LogP contribution in [0.15, 0.2) is 6.20 Å². The smallest absolute Gasteiger partial charge is 0.358 e. The van der Waals surface area contributed by atoms with Crippen LogP contribution in [0.2, 0.25) is 0 Å². The monoisotopic (exact) mass is 241 g/mol. The third-order valence-corrected chi connectivity index (χ3v) is 2.36. The molecule has 96 valence electrons. The van der Waals surface area contributed by atoms with Crippen LogP contribution in [0, 0.1) is 0 Å². The summed E-state index contributed by atoms with van der Waals surface area (Å²) in [5.41, 5.74) is -0.0343. The number of carbonyl (C=O) groups is 1. The van der Waals surface area contributed by atoms with E-state index in [0.29, 0.717) is 13.2 Å². The summed E-state index contributed by atoms with van der Waals surface area (Å²) in [5, 5.41) is 15.8. The zero-order chi connectivity index (χ0) is 12.5. The number of unbranched alkanes of at least 4 members (excludes halogenated alkanes) is 3. The molecule has 17 heavy (non-hydrogen) atoms. The van der Waals surface area contributed by atoms with E-state index in [-0.39, 0.29) is 5.69 Å². The molecule has 0 aromatic carbocycles. The zero-order valence-electron chi connectivity index (χ0n) is 10.1. The Kier molecular flexibility index (Phi) is 6.24. The first-order chi connectivity index (χ1) is 8.24. The molecule has 1 heterocycles. The molecule has 6 nitrogen and oxygen atoms in total. The Morgan fingerprint density at radius 1 is 1.41 bits per heavy atom. The van der Waals surface area contributed by atoms with Gasteiger partial charge in [0.2, 0.25) is 0 Å². The van der Waals surface area contributed by atoms with Gasteiger partial charge in [0, 0.05) is 6.61 Å². The highest BCUT2D eigenvalue weighted by molar-refractivity contribution is 5.84.